The first-order chi connectivity index (χ1) is 10.1. The first-order valence-electron chi connectivity index (χ1n) is 6.90. The summed E-state index contributed by atoms with van der Waals surface area (Å²) < 4.78 is 5.56. The first-order valence-corrected chi connectivity index (χ1v) is 7.28. The lowest BCUT2D eigenvalue weighted by molar-refractivity contribution is -0.122. The number of aromatic nitrogens is 2. The van der Waals surface area contributed by atoms with Gasteiger partial charge < -0.3 is 10.1 Å². The fourth-order valence-electron chi connectivity index (χ4n) is 2.00. The zero-order valence-corrected chi connectivity index (χ0v) is 12.4. The van der Waals surface area contributed by atoms with Gasteiger partial charge in [-0.15, -0.1) is 0 Å². The van der Waals surface area contributed by atoms with Gasteiger partial charge in [-0.05, 0) is 44.0 Å². The van der Waals surface area contributed by atoms with Gasteiger partial charge in [0.25, 0.3) is 5.91 Å². The van der Waals surface area contributed by atoms with Gasteiger partial charge in [-0.2, -0.15) is 5.10 Å². The minimum atomic E-state index is -0.618. The van der Waals surface area contributed by atoms with Gasteiger partial charge in [0.1, 0.15) is 5.75 Å². The van der Waals surface area contributed by atoms with E-state index in [-0.39, 0.29) is 5.91 Å². The molecule has 1 unspecified atom stereocenters. The van der Waals surface area contributed by atoms with E-state index in [1.54, 1.807) is 31.2 Å². The van der Waals surface area contributed by atoms with Crippen LogP contribution < -0.4 is 10.1 Å². The van der Waals surface area contributed by atoms with Crippen LogP contribution in [0.5, 0.6) is 5.75 Å². The van der Waals surface area contributed by atoms with Crippen LogP contribution in [0.2, 0.25) is 5.02 Å². The van der Waals surface area contributed by atoms with Crippen LogP contribution in [-0.2, 0) is 4.79 Å². The summed E-state index contributed by atoms with van der Waals surface area (Å²) in [4.78, 5) is 12.1. The van der Waals surface area contributed by atoms with Crippen LogP contribution in [-0.4, -0.2) is 22.2 Å². The van der Waals surface area contributed by atoms with Crippen molar-refractivity contribution in [1.82, 2.24) is 10.2 Å². The molecule has 1 aliphatic rings. The number of carbonyl (C=O) groups excluding carboxylic acids is 1. The van der Waals surface area contributed by atoms with Gasteiger partial charge in [0, 0.05) is 22.7 Å². The fourth-order valence-corrected chi connectivity index (χ4v) is 2.13. The lowest BCUT2D eigenvalue weighted by atomic mass is 10.3. The van der Waals surface area contributed by atoms with Gasteiger partial charge in [-0.1, -0.05) is 11.6 Å². The number of H-pyrrole nitrogens is 1. The van der Waals surface area contributed by atoms with Crippen LogP contribution in [0.25, 0.3) is 0 Å². The van der Waals surface area contributed by atoms with Gasteiger partial charge in [-0.3, -0.25) is 9.89 Å². The normalized spacial score (nSPS) is 15.5. The van der Waals surface area contributed by atoms with Crippen molar-refractivity contribution in [2.24, 2.45) is 0 Å². The molecule has 1 heterocycles. The summed E-state index contributed by atoms with van der Waals surface area (Å²) in [6.07, 6.45) is 1.75. The Labute approximate surface area is 127 Å². The summed E-state index contributed by atoms with van der Waals surface area (Å²) in [6, 6.07) is 8.77. The van der Waals surface area contributed by atoms with Crippen molar-refractivity contribution in [3.63, 3.8) is 0 Å². The number of nitrogens with zero attached hydrogens (tertiary/aromatic N) is 1. The molecule has 2 N–H and O–H groups in total. The Balaban J connectivity index is 1.57. The lowest BCUT2D eigenvalue weighted by Crippen LogP contribution is -2.30. The Morgan fingerprint density at radius 3 is 2.81 bits per heavy atom. The Hall–Kier alpha value is -2.01. The number of hydrogen-bond acceptors (Lipinski definition) is 3. The smallest absolute Gasteiger partial charge is 0.266 e. The van der Waals surface area contributed by atoms with E-state index < -0.39 is 6.10 Å². The molecule has 1 aromatic heterocycles. The summed E-state index contributed by atoms with van der Waals surface area (Å²) >= 11 is 5.80. The molecule has 0 radical (unpaired) electrons. The van der Waals surface area contributed by atoms with Crippen LogP contribution in [0.3, 0.4) is 0 Å². The largest absolute Gasteiger partial charge is 0.481 e. The Kier molecular flexibility index (Phi) is 3.84. The highest BCUT2D eigenvalue weighted by atomic mass is 35.5. The molecule has 110 valence electrons. The second-order valence-electron chi connectivity index (χ2n) is 5.19. The van der Waals surface area contributed by atoms with E-state index in [1.165, 1.54) is 12.8 Å². The monoisotopic (exact) mass is 305 g/mol. The maximum Gasteiger partial charge on any atom is 0.266 e. The van der Waals surface area contributed by atoms with Gasteiger partial charge in [-0.25, -0.2) is 0 Å². The topological polar surface area (TPSA) is 67.0 Å². The molecule has 2 aromatic rings. The summed E-state index contributed by atoms with van der Waals surface area (Å²) in [5, 5.41) is 10.4. The number of hydrogen-bond donors (Lipinski definition) is 2. The highest BCUT2D eigenvalue weighted by molar-refractivity contribution is 6.30. The average molecular weight is 306 g/mol. The van der Waals surface area contributed by atoms with Crippen molar-refractivity contribution in [3.05, 3.63) is 41.0 Å². The maximum absolute atomic E-state index is 12.1. The highest BCUT2D eigenvalue weighted by Crippen LogP contribution is 2.39. The van der Waals surface area contributed by atoms with Crippen molar-refractivity contribution >= 4 is 23.3 Å². The first kappa shape index (κ1) is 13.9. The van der Waals surface area contributed by atoms with E-state index in [1.807, 2.05) is 6.07 Å². The molecule has 0 spiro atoms. The van der Waals surface area contributed by atoms with E-state index >= 15 is 0 Å². The zero-order valence-electron chi connectivity index (χ0n) is 11.6. The van der Waals surface area contributed by atoms with Crippen molar-refractivity contribution in [3.8, 4) is 5.75 Å². The number of anilines is 1. The molecule has 0 saturated heterocycles. The molecular weight excluding hydrogens is 290 g/mol. The van der Waals surface area contributed by atoms with Gasteiger partial charge in [0.2, 0.25) is 0 Å². The average Bonchev–Trinajstić information content (AvgIpc) is 3.22. The lowest BCUT2D eigenvalue weighted by Gasteiger charge is -2.13. The van der Waals surface area contributed by atoms with Crippen LogP contribution in [0.4, 0.5) is 5.82 Å². The van der Waals surface area contributed by atoms with Gasteiger partial charge in [0.15, 0.2) is 11.9 Å². The third kappa shape index (κ3) is 3.55. The molecule has 1 aromatic carbocycles. The number of halogens is 1. The molecule has 5 nitrogen and oxygen atoms in total. The van der Waals surface area contributed by atoms with E-state index in [4.69, 9.17) is 16.3 Å². The number of benzene rings is 1. The van der Waals surface area contributed by atoms with Crippen molar-refractivity contribution in [1.29, 1.82) is 0 Å². The second-order valence-corrected chi connectivity index (χ2v) is 5.62. The number of rotatable bonds is 5. The number of nitrogens with one attached hydrogen (secondary N) is 2. The Morgan fingerprint density at radius 2 is 2.14 bits per heavy atom. The third-order valence-corrected chi connectivity index (χ3v) is 3.61. The summed E-state index contributed by atoms with van der Waals surface area (Å²) in [5.41, 5.74) is 1.08. The van der Waals surface area contributed by atoms with Crippen LogP contribution >= 0.6 is 11.6 Å². The predicted molar refractivity (Wildman–Crippen MR) is 80.7 cm³/mol. The quantitative estimate of drug-likeness (QED) is 0.890. The van der Waals surface area contributed by atoms with Gasteiger partial charge in [0.05, 0.1) is 0 Å². The Morgan fingerprint density at radius 1 is 1.43 bits per heavy atom. The molecular formula is C15H16ClN3O2. The number of ether oxygens (including phenoxy) is 1. The van der Waals surface area contributed by atoms with Gasteiger partial charge >= 0.3 is 0 Å². The molecule has 1 atom stereocenters. The van der Waals surface area contributed by atoms with E-state index in [2.05, 4.69) is 15.5 Å². The molecule has 1 aliphatic carbocycles. The number of amides is 1. The molecule has 1 fully saturated rings. The molecule has 0 bridgehead atoms. The molecule has 3 rings (SSSR count). The van der Waals surface area contributed by atoms with Crippen LogP contribution in [0, 0.1) is 0 Å². The maximum atomic E-state index is 12.1. The molecule has 1 saturated carbocycles. The predicted octanol–water partition coefficient (Wildman–Crippen LogP) is 3.35. The van der Waals surface area contributed by atoms with E-state index in [0.29, 0.717) is 22.5 Å². The molecule has 6 heteroatoms. The Bertz CT molecular complexity index is 635. The standard InChI is InChI=1S/C15H16ClN3O2/c1-9(21-12-6-4-11(16)5-7-12)15(20)17-14-8-13(18-19-14)10-2-3-10/h4-10H,2-3H2,1H3,(H2,17,18,19,20). The van der Waals surface area contributed by atoms with Crippen molar-refractivity contribution < 1.29 is 9.53 Å². The summed E-state index contributed by atoms with van der Waals surface area (Å²) in [7, 11) is 0. The second kappa shape index (κ2) is 5.77. The highest BCUT2D eigenvalue weighted by Gasteiger charge is 2.26. The fraction of sp³-hybridized carbons (Fsp3) is 0.333. The molecule has 1 amide bonds. The van der Waals surface area contributed by atoms with E-state index in [9.17, 15) is 4.79 Å². The molecule has 21 heavy (non-hydrogen) atoms. The third-order valence-electron chi connectivity index (χ3n) is 3.36. The van der Waals surface area contributed by atoms with Crippen LogP contribution in [0.1, 0.15) is 31.4 Å². The SMILES string of the molecule is CC(Oc1ccc(Cl)cc1)C(=O)Nc1cc(C2CC2)[nH]n1. The van der Waals surface area contributed by atoms with E-state index in [0.717, 1.165) is 5.69 Å². The summed E-state index contributed by atoms with van der Waals surface area (Å²) in [6.45, 7) is 1.69. The minimum absolute atomic E-state index is 0.237. The van der Waals surface area contributed by atoms with Crippen LogP contribution in [0.15, 0.2) is 30.3 Å². The number of carbonyl (C=O) groups is 1. The zero-order chi connectivity index (χ0) is 14.8. The van der Waals surface area contributed by atoms with Crippen molar-refractivity contribution in [2.45, 2.75) is 31.8 Å². The summed E-state index contributed by atoms with van der Waals surface area (Å²) in [5.74, 6) is 1.47. The molecule has 0 aliphatic heterocycles. The number of aromatic amines is 1. The van der Waals surface area contributed by atoms with Crippen molar-refractivity contribution in [2.75, 3.05) is 5.32 Å². The minimum Gasteiger partial charge on any atom is -0.481 e.